The summed E-state index contributed by atoms with van der Waals surface area (Å²) in [5, 5.41) is 5.84. The van der Waals surface area contributed by atoms with Crippen molar-refractivity contribution in [2.75, 3.05) is 14.2 Å². The number of methoxy groups -OCH3 is 1. The maximum Gasteiger partial charge on any atom is 0.432 e. The van der Waals surface area contributed by atoms with Gasteiger partial charge in [0.25, 0.3) is 5.91 Å². The average molecular weight is 426 g/mol. The van der Waals surface area contributed by atoms with Gasteiger partial charge in [0, 0.05) is 32.0 Å². The van der Waals surface area contributed by atoms with E-state index < -0.39 is 23.8 Å². The fourth-order valence-corrected chi connectivity index (χ4v) is 3.23. The fraction of sp³-hybridized carbons (Fsp3) is 0.353. The van der Waals surface area contributed by atoms with E-state index in [0.29, 0.717) is 23.5 Å². The van der Waals surface area contributed by atoms with Crippen LogP contribution in [0.15, 0.2) is 24.4 Å². The number of carbonyl (C=O) groups is 1. The molecule has 0 saturated heterocycles. The average Bonchev–Trinajstić information content (AvgIpc) is 3.36. The molecule has 1 amide bonds. The lowest BCUT2D eigenvalue weighted by Gasteiger charge is -2.21. The van der Waals surface area contributed by atoms with Gasteiger partial charge in [-0.05, 0) is 30.6 Å². The lowest BCUT2D eigenvalue weighted by molar-refractivity contribution is -0.141. The number of rotatable bonds is 6. The predicted molar refractivity (Wildman–Crippen MR) is 98.0 cm³/mol. The van der Waals surface area contributed by atoms with Gasteiger partial charge < -0.3 is 9.64 Å². The number of nitrogens with zero attached hydrogens (tertiary/aromatic N) is 5. The third-order valence-electron chi connectivity index (χ3n) is 4.17. The van der Waals surface area contributed by atoms with Gasteiger partial charge in [-0.25, -0.2) is 4.98 Å². The normalized spacial score (nSPS) is 12.8. The van der Waals surface area contributed by atoms with Gasteiger partial charge in [0.15, 0.2) is 11.5 Å². The maximum absolute atomic E-state index is 12.7. The molecule has 0 saturated carbocycles. The van der Waals surface area contributed by atoms with Crippen LogP contribution in [0.4, 0.5) is 13.2 Å². The Morgan fingerprint density at radius 1 is 1.38 bits per heavy atom. The first-order chi connectivity index (χ1) is 13.7. The minimum absolute atomic E-state index is 0.324. The molecule has 3 aromatic heterocycles. The molecule has 0 aliphatic rings. The highest BCUT2D eigenvalue weighted by atomic mass is 32.1. The summed E-state index contributed by atoms with van der Waals surface area (Å²) in [5.41, 5.74) is 0.0676. The number of hydrogen-bond acceptors (Lipinski definition) is 7. The number of carbonyl (C=O) groups excluding carboxylic acids is 1. The topological polar surface area (TPSA) is 96.9 Å². The first kappa shape index (κ1) is 20.9. The molecule has 1 atom stereocenters. The van der Waals surface area contributed by atoms with Crippen molar-refractivity contribution in [3.63, 3.8) is 0 Å². The number of halogens is 3. The summed E-state index contributed by atoms with van der Waals surface area (Å²) in [6, 6.07) is 3.73. The van der Waals surface area contributed by atoms with Crippen molar-refractivity contribution in [1.82, 2.24) is 29.4 Å². The summed E-state index contributed by atoms with van der Waals surface area (Å²) >= 11 is 1.11. The number of alkyl halides is 3. The highest BCUT2D eigenvalue weighted by Gasteiger charge is 2.34. The lowest BCUT2D eigenvalue weighted by atomic mass is 10.2. The molecule has 0 aromatic carbocycles. The predicted octanol–water partition coefficient (Wildman–Crippen LogP) is 3.32. The van der Waals surface area contributed by atoms with E-state index >= 15 is 0 Å². The van der Waals surface area contributed by atoms with E-state index in [2.05, 4.69) is 19.4 Å². The van der Waals surface area contributed by atoms with Gasteiger partial charge in [-0.2, -0.15) is 22.6 Å². The molecule has 3 aromatic rings. The molecular formula is C17H17F3N6O2S. The second-order valence-corrected chi connectivity index (χ2v) is 6.97. The van der Waals surface area contributed by atoms with Crippen molar-refractivity contribution < 1.29 is 22.7 Å². The Labute approximate surface area is 167 Å². The summed E-state index contributed by atoms with van der Waals surface area (Å²) in [5.74, 6) is -0.191. The number of aromatic nitrogens is 5. The molecule has 0 aliphatic carbocycles. The molecule has 0 radical (unpaired) electrons. The highest BCUT2D eigenvalue weighted by Crippen LogP contribution is 2.29. The Kier molecular flexibility index (Phi) is 5.94. The zero-order valence-corrected chi connectivity index (χ0v) is 16.5. The van der Waals surface area contributed by atoms with Gasteiger partial charge in [0.1, 0.15) is 10.7 Å². The third-order valence-corrected chi connectivity index (χ3v) is 5.05. The first-order valence-corrected chi connectivity index (χ1v) is 9.15. The lowest BCUT2D eigenvalue weighted by Crippen LogP contribution is -2.29. The van der Waals surface area contributed by atoms with E-state index in [0.717, 1.165) is 22.8 Å². The van der Waals surface area contributed by atoms with E-state index in [1.165, 1.54) is 11.9 Å². The van der Waals surface area contributed by atoms with Crippen LogP contribution in [0.1, 0.15) is 39.8 Å². The summed E-state index contributed by atoms with van der Waals surface area (Å²) in [6.07, 6.45) is -2.98. The van der Waals surface area contributed by atoms with Gasteiger partial charge in [0.05, 0.1) is 18.3 Å². The van der Waals surface area contributed by atoms with Crippen molar-refractivity contribution in [2.24, 2.45) is 0 Å². The van der Waals surface area contributed by atoms with Crippen LogP contribution in [0.5, 0.6) is 0 Å². The van der Waals surface area contributed by atoms with Crippen molar-refractivity contribution in [3.8, 4) is 11.4 Å². The number of pyridine rings is 1. The monoisotopic (exact) mass is 426 g/mol. The molecule has 8 nitrogen and oxygen atoms in total. The van der Waals surface area contributed by atoms with Crippen molar-refractivity contribution in [1.29, 1.82) is 0 Å². The van der Waals surface area contributed by atoms with Crippen LogP contribution in [0.3, 0.4) is 0 Å². The van der Waals surface area contributed by atoms with Crippen molar-refractivity contribution in [3.05, 3.63) is 46.5 Å². The van der Waals surface area contributed by atoms with Crippen LogP contribution in [0.2, 0.25) is 0 Å². The quantitative estimate of drug-likeness (QED) is 0.650. The minimum atomic E-state index is -4.60. The second kappa shape index (κ2) is 8.25. The van der Waals surface area contributed by atoms with Gasteiger partial charge >= 0.3 is 6.18 Å². The molecule has 29 heavy (non-hydrogen) atoms. The number of ether oxygens (including phenoxy) is 1. The number of nitrogens with one attached hydrogen (secondary N) is 1. The molecule has 0 spiro atoms. The van der Waals surface area contributed by atoms with Gasteiger partial charge in [-0.3, -0.25) is 14.9 Å². The molecule has 0 fully saturated rings. The van der Waals surface area contributed by atoms with Crippen LogP contribution >= 0.6 is 11.5 Å². The van der Waals surface area contributed by atoms with Crippen LogP contribution in [0.25, 0.3) is 11.4 Å². The molecular weight excluding hydrogens is 409 g/mol. The largest absolute Gasteiger partial charge is 0.432 e. The zero-order valence-electron chi connectivity index (χ0n) is 15.7. The number of aromatic amines is 1. The standard InChI is InChI=1S/C17H17F3N6O2S/c1-9(26(2)16(27)12-7-13(24-23-12)17(18,19)20)15-22-14(25-29-15)10-4-5-21-11(6-10)8-28-3/h4-7,9H,8H2,1-3H3,(H,23,24)/t9-/m0/s1. The molecule has 0 aliphatic heterocycles. The molecule has 12 heteroatoms. The summed E-state index contributed by atoms with van der Waals surface area (Å²) < 4.78 is 47.5. The van der Waals surface area contributed by atoms with Crippen LogP contribution < -0.4 is 0 Å². The van der Waals surface area contributed by atoms with Gasteiger partial charge in [-0.15, -0.1) is 0 Å². The maximum atomic E-state index is 12.7. The van der Waals surface area contributed by atoms with Crippen LogP contribution in [-0.2, 0) is 17.5 Å². The minimum Gasteiger partial charge on any atom is -0.378 e. The molecule has 3 rings (SSSR count). The van der Waals surface area contributed by atoms with E-state index in [4.69, 9.17) is 4.74 Å². The molecule has 3 heterocycles. The Balaban J connectivity index is 1.77. The summed E-state index contributed by atoms with van der Waals surface area (Å²) in [7, 11) is 3.04. The summed E-state index contributed by atoms with van der Waals surface area (Å²) in [4.78, 5) is 22.4. The van der Waals surface area contributed by atoms with E-state index in [1.54, 1.807) is 32.4 Å². The van der Waals surface area contributed by atoms with Crippen molar-refractivity contribution >= 4 is 17.4 Å². The third kappa shape index (κ3) is 4.59. The van der Waals surface area contributed by atoms with Crippen molar-refractivity contribution in [2.45, 2.75) is 25.7 Å². The second-order valence-electron chi connectivity index (χ2n) is 6.18. The first-order valence-electron chi connectivity index (χ1n) is 8.38. The Morgan fingerprint density at radius 3 is 2.79 bits per heavy atom. The molecule has 0 unspecified atom stereocenters. The Bertz CT molecular complexity index is 1000. The molecule has 1 N–H and O–H groups in total. The molecule has 0 bridgehead atoms. The van der Waals surface area contributed by atoms with Gasteiger partial charge in [0.2, 0.25) is 0 Å². The van der Waals surface area contributed by atoms with E-state index in [9.17, 15) is 18.0 Å². The SMILES string of the molecule is COCc1cc(-c2nsc([C@H](C)N(C)C(=O)c3cc(C(F)(F)F)[nH]n3)n2)ccn1. The van der Waals surface area contributed by atoms with E-state index in [-0.39, 0.29) is 5.69 Å². The van der Waals surface area contributed by atoms with E-state index in [1.807, 2.05) is 5.10 Å². The number of amides is 1. The summed E-state index contributed by atoms with van der Waals surface area (Å²) in [6.45, 7) is 2.06. The number of hydrogen-bond donors (Lipinski definition) is 1. The van der Waals surface area contributed by atoms with Crippen LogP contribution in [0, 0.1) is 0 Å². The smallest absolute Gasteiger partial charge is 0.378 e. The zero-order chi connectivity index (χ0) is 21.2. The van der Waals surface area contributed by atoms with Gasteiger partial charge in [-0.1, -0.05) is 0 Å². The fourth-order valence-electron chi connectivity index (χ4n) is 2.46. The Hall–Kier alpha value is -2.86. The Morgan fingerprint density at radius 2 is 2.14 bits per heavy atom. The number of H-pyrrole nitrogens is 1. The molecule has 154 valence electrons. The van der Waals surface area contributed by atoms with Crippen LogP contribution in [-0.4, -0.2) is 49.5 Å². The highest BCUT2D eigenvalue weighted by molar-refractivity contribution is 7.05.